The Morgan fingerprint density at radius 1 is 1.52 bits per heavy atom. The molecule has 3 heterocycles. The maximum Gasteiger partial charge on any atom is 0.288 e. The first kappa shape index (κ1) is 15.6. The lowest BCUT2D eigenvalue weighted by Gasteiger charge is -2.31. The average Bonchev–Trinajstić information content (AvgIpc) is 3.18. The van der Waals surface area contributed by atoms with Gasteiger partial charge >= 0.3 is 0 Å². The highest BCUT2D eigenvalue weighted by Gasteiger charge is 2.29. The minimum atomic E-state index is -0.305. The van der Waals surface area contributed by atoms with Crippen LogP contribution in [0.2, 0.25) is 0 Å². The van der Waals surface area contributed by atoms with E-state index in [1.54, 1.807) is 0 Å². The third kappa shape index (κ3) is 3.57. The first-order valence-electron chi connectivity index (χ1n) is 7.42. The van der Waals surface area contributed by atoms with Crippen molar-refractivity contribution < 1.29 is 18.8 Å². The fourth-order valence-electron chi connectivity index (χ4n) is 2.49. The van der Waals surface area contributed by atoms with Gasteiger partial charge in [-0.05, 0) is 20.3 Å². The SMILES string of the molecule is Cc1noc(C)c1CO[C@@H]1COCC[C@H]1NC(=O)c1ncn[nH]1. The van der Waals surface area contributed by atoms with Gasteiger partial charge in [0.15, 0.2) is 0 Å². The number of amides is 1. The lowest BCUT2D eigenvalue weighted by molar-refractivity contribution is -0.0739. The van der Waals surface area contributed by atoms with Crippen molar-refractivity contribution in [3.05, 3.63) is 29.2 Å². The average molecular weight is 321 g/mol. The van der Waals surface area contributed by atoms with Crippen molar-refractivity contribution in [2.24, 2.45) is 0 Å². The van der Waals surface area contributed by atoms with Gasteiger partial charge in [0.25, 0.3) is 5.91 Å². The van der Waals surface area contributed by atoms with Crippen LogP contribution in [0.1, 0.15) is 34.1 Å². The van der Waals surface area contributed by atoms with E-state index in [2.05, 4.69) is 25.7 Å². The normalized spacial score (nSPS) is 21.3. The number of carbonyl (C=O) groups excluding carboxylic acids is 1. The predicted molar refractivity (Wildman–Crippen MR) is 77.6 cm³/mol. The van der Waals surface area contributed by atoms with Crippen molar-refractivity contribution in [2.75, 3.05) is 13.2 Å². The number of hydrogen-bond acceptors (Lipinski definition) is 7. The summed E-state index contributed by atoms with van der Waals surface area (Å²) in [6.45, 7) is 5.08. The van der Waals surface area contributed by atoms with E-state index >= 15 is 0 Å². The second-order valence-corrected chi connectivity index (χ2v) is 5.43. The molecule has 1 saturated heterocycles. The first-order valence-corrected chi connectivity index (χ1v) is 7.42. The number of aromatic nitrogens is 4. The molecule has 9 heteroatoms. The number of nitrogens with one attached hydrogen (secondary N) is 2. The zero-order chi connectivity index (χ0) is 16.2. The van der Waals surface area contributed by atoms with Gasteiger partial charge in [-0.1, -0.05) is 5.16 Å². The number of aromatic amines is 1. The zero-order valence-electron chi connectivity index (χ0n) is 13.0. The molecule has 0 unspecified atom stereocenters. The molecule has 0 spiro atoms. The van der Waals surface area contributed by atoms with Crippen LogP contribution >= 0.6 is 0 Å². The standard InChI is InChI=1S/C14H19N5O4/c1-8-10(9(2)23-19-8)5-22-12-6-21-4-3-11(12)17-14(20)13-15-7-16-18-13/h7,11-12H,3-6H2,1-2H3,(H,17,20)(H,15,16,18)/t11-,12-/m1/s1. The van der Waals surface area contributed by atoms with Crippen molar-refractivity contribution in [3.8, 4) is 0 Å². The Labute approximate surface area is 132 Å². The third-order valence-electron chi connectivity index (χ3n) is 3.87. The van der Waals surface area contributed by atoms with Crippen LogP contribution in [-0.4, -0.2) is 51.6 Å². The molecule has 0 aliphatic carbocycles. The topological polar surface area (TPSA) is 115 Å². The highest BCUT2D eigenvalue weighted by Crippen LogP contribution is 2.18. The van der Waals surface area contributed by atoms with Crippen LogP contribution in [0.5, 0.6) is 0 Å². The Morgan fingerprint density at radius 2 is 2.39 bits per heavy atom. The van der Waals surface area contributed by atoms with Gasteiger partial charge in [-0.3, -0.25) is 9.89 Å². The molecule has 1 aliphatic heterocycles. The number of H-pyrrole nitrogens is 1. The van der Waals surface area contributed by atoms with Crippen molar-refractivity contribution in [1.29, 1.82) is 0 Å². The first-order chi connectivity index (χ1) is 11.1. The number of hydrogen-bond donors (Lipinski definition) is 2. The summed E-state index contributed by atoms with van der Waals surface area (Å²) in [5.74, 6) is 0.614. The molecular formula is C14H19N5O4. The lowest BCUT2D eigenvalue weighted by Crippen LogP contribution is -2.50. The van der Waals surface area contributed by atoms with Gasteiger partial charge in [0.05, 0.1) is 24.9 Å². The summed E-state index contributed by atoms with van der Waals surface area (Å²) < 4.78 is 16.5. The van der Waals surface area contributed by atoms with E-state index in [1.807, 2.05) is 13.8 Å². The van der Waals surface area contributed by atoms with Gasteiger partial charge in [0.1, 0.15) is 18.2 Å². The molecule has 124 valence electrons. The lowest BCUT2D eigenvalue weighted by atomic mass is 10.1. The van der Waals surface area contributed by atoms with Crippen LogP contribution in [0.25, 0.3) is 0 Å². The van der Waals surface area contributed by atoms with E-state index in [1.165, 1.54) is 6.33 Å². The molecule has 3 rings (SSSR count). The largest absolute Gasteiger partial charge is 0.379 e. The summed E-state index contributed by atoms with van der Waals surface area (Å²) in [4.78, 5) is 15.9. The summed E-state index contributed by atoms with van der Waals surface area (Å²) in [7, 11) is 0. The molecule has 0 saturated carbocycles. The van der Waals surface area contributed by atoms with Crippen LogP contribution in [-0.2, 0) is 16.1 Å². The molecule has 9 nitrogen and oxygen atoms in total. The smallest absolute Gasteiger partial charge is 0.288 e. The summed E-state index contributed by atoms with van der Waals surface area (Å²) in [6, 6.07) is -0.151. The Morgan fingerprint density at radius 3 is 3.09 bits per heavy atom. The number of rotatable bonds is 5. The van der Waals surface area contributed by atoms with Crippen LogP contribution in [0, 0.1) is 13.8 Å². The highest BCUT2D eigenvalue weighted by molar-refractivity contribution is 5.90. The number of nitrogens with zero attached hydrogens (tertiary/aromatic N) is 3. The van der Waals surface area contributed by atoms with E-state index in [0.717, 1.165) is 17.0 Å². The molecule has 1 amide bonds. The monoisotopic (exact) mass is 321 g/mol. The number of ether oxygens (including phenoxy) is 2. The second-order valence-electron chi connectivity index (χ2n) is 5.43. The van der Waals surface area contributed by atoms with Crippen LogP contribution in [0.4, 0.5) is 0 Å². The minimum absolute atomic E-state index is 0.151. The summed E-state index contributed by atoms with van der Waals surface area (Å²) in [5.41, 5.74) is 1.73. The zero-order valence-corrected chi connectivity index (χ0v) is 13.0. The van der Waals surface area contributed by atoms with E-state index in [-0.39, 0.29) is 23.9 Å². The van der Waals surface area contributed by atoms with Gasteiger partial charge in [0.2, 0.25) is 5.82 Å². The number of carbonyl (C=O) groups is 1. The molecule has 23 heavy (non-hydrogen) atoms. The van der Waals surface area contributed by atoms with Crippen LogP contribution < -0.4 is 5.32 Å². The van der Waals surface area contributed by atoms with E-state index in [4.69, 9.17) is 14.0 Å². The molecule has 0 bridgehead atoms. The molecule has 2 aromatic heterocycles. The third-order valence-corrected chi connectivity index (χ3v) is 3.87. The van der Waals surface area contributed by atoms with E-state index in [0.29, 0.717) is 26.2 Å². The van der Waals surface area contributed by atoms with Gasteiger partial charge in [-0.15, -0.1) is 0 Å². The summed E-state index contributed by atoms with van der Waals surface area (Å²) in [5, 5.41) is 13.0. The molecule has 2 atom stereocenters. The second kappa shape index (κ2) is 6.88. The Balaban J connectivity index is 1.61. The van der Waals surface area contributed by atoms with Crippen molar-refractivity contribution >= 4 is 5.91 Å². The fraction of sp³-hybridized carbons (Fsp3) is 0.571. The molecule has 0 aromatic carbocycles. The van der Waals surface area contributed by atoms with Crippen molar-refractivity contribution in [3.63, 3.8) is 0 Å². The summed E-state index contributed by atoms with van der Waals surface area (Å²) in [6.07, 6.45) is 1.72. The van der Waals surface area contributed by atoms with Crippen molar-refractivity contribution in [1.82, 2.24) is 25.7 Å². The molecule has 2 N–H and O–H groups in total. The van der Waals surface area contributed by atoms with E-state index in [9.17, 15) is 4.79 Å². The van der Waals surface area contributed by atoms with Gasteiger partial charge in [-0.25, -0.2) is 4.98 Å². The Kier molecular flexibility index (Phi) is 4.68. The maximum absolute atomic E-state index is 12.1. The van der Waals surface area contributed by atoms with Crippen LogP contribution in [0.3, 0.4) is 0 Å². The van der Waals surface area contributed by atoms with Gasteiger partial charge in [0, 0.05) is 12.2 Å². The van der Waals surface area contributed by atoms with Gasteiger partial charge < -0.3 is 19.3 Å². The quantitative estimate of drug-likeness (QED) is 0.824. The molecule has 1 fully saturated rings. The molecule has 2 aromatic rings. The molecular weight excluding hydrogens is 302 g/mol. The highest BCUT2D eigenvalue weighted by atomic mass is 16.5. The summed E-state index contributed by atoms with van der Waals surface area (Å²) >= 11 is 0. The van der Waals surface area contributed by atoms with E-state index < -0.39 is 0 Å². The van der Waals surface area contributed by atoms with Crippen LogP contribution in [0.15, 0.2) is 10.9 Å². The molecule has 0 radical (unpaired) electrons. The van der Waals surface area contributed by atoms with Gasteiger partial charge in [-0.2, -0.15) is 5.10 Å². The maximum atomic E-state index is 12.1. The number of aryl methyl sites for hydroxylation is 2. The Bertz CT molecular complexity index is 635. The Hall–Kier alpha value is -2.26. The minimum Gasteiger partial charge on any atom is -0.379 e. The molecule has 1 aliphatic rings. The van der Waals surface area contributed by atoms with Crippen molar-refractivity contribution in [2.45, 2.75) is 39.0 Å². The predicted octanol–water partition coefficient (Wildman–Crippen LogP) is 0.514. The fourth-order valence-corrected chi connectivity index (χ4v) is 2.49.